The molecule has 0 saturated heterocycles. The van der Waals surface area contributed by atoms with Gasteiger partial charge in [0.15, 0.2) is 0 Å². The molecule has 241 valence electrons. The summed E-state index contributed by atoms with van der Waals surface area (Å²) in [5, 5.41) is 17.4. The molecule has 0 aliphatic heterocycles. The van der Waals surface area contributed by atoms with Gasteiger partial charge in [-0.25, -0.2) is 0 Å². The number of hydrogen-bond acceptors (Lipinski definition) is 9. The molecule has 0 aliphatic carbocycles. The summed E-state index contributed by atoms with van der Waals surface area (Å²) in [6.07, 6.45) is 1.45. The molecule has 0 spiro atoms. The van der Waals surface area contributed by atoms with Crippen molar-refractivity contribution in [1.82, 2.24) is 14.9 Å². The third-order valence-corrected chi connectivity index (χ3v) is 12.8. The molecular weight excluding hydrogens is 726 g/mol. The number of sulfone groups is 1. The van der Waals surface area contributed by atoms with Gasteiger partial charge in [-0.15, -0.1) is 0 Å². The Bertz CT molecular complexity index is 2150. The SMILES string of the molecule is C=C(C)C(=O)NCCCNC(=O)C(CC)N(C)S(=O)(=O)c1cc(O)c2ccc3c([S](=O)(=O)[Mo])cc(S(C)(=O)=O)c4ccc1c2c43. The van der Waals surface area contributed by atoms with Crippen LogP contribution in [0.5, 0.6) is 5.75 Å². The maximum atomic E-state index is 14.1. The van der Waals surface area contributed by atoms with Gasteiger partial charge in [0.05, 0.1) is 0 Å². The molecule has 4 aromatic rings. The first-order valence-corrected chi connectivity index (χ1v) is 20.8. The number of amides is 2. The van der Waals surface area contributed by atoms with Crippen molar-refractivity contribution in [2.45, 2.75) is 47.4 Å². The predicted molar refractivity (Wildman–Crippen MR) is 167 cm³/mol. The van der Waals surface area contributed by atoms with E-state index in [0.29, 0.717) is 12.0 Å². The van der Waals surface area contributed by atoms with Crippen LogP contribution in [0.25, 0.3) is 32.3 Å². The van der Waals surface area contributed by atoms with E-state index >= 15 is 0 Å². The van der Waals surface area contributed by atoms with E-state index < -0.39 is 45.1 Å². The molecule has 0 bridgehead atoms. The molecule has 45 heavy (non-hydrogen) atoms. The van der Waals surface area contributed by atoms with Crippen LogP contribution in [0, 0.1) is 0 Å². The second kappa shape index (κ2) is 12.6. The fourth-order valence-corrected chi connectivity index (χ4v) is 9.60. The summed E-state index contributed by atoms with van der Waals surface area (Å²) in [5.74, 6) is -1.30. The van der Waals surface area contributed by atoms with Gasteiger partial charge in [-0.1, -0.05) is 6.58 Å². The molecule has 0 saturated carbocycles. The van der Waals surface area contributed by atoms with Crippen molar-refractivity contribution in [2.75, 3.05) is 26.4 Å². The number of carbonyl (C=O) groups excluding carboxylic acids is 2. The standard InChI is InChI=1S/C29H32N3O9S3.Mo/c1-6-21(29(35)31-13-7-12-30-28(34)16(2)3)32(4)44(40,41)25-14-22(33)17-8-9-18-23(42(36)37)15-24(43(5,38)39)19-10-11-20(25)26(17)27(18)19;/h8-11,14-15,21,33H,2,6-7,12-13H2,1,3-5H3,(H,30,34)(H,31,35);. The van der Waals surface area contributed by atoms with Gasteiger partial charge in [0.2, 0.25) is 5.91 Å². The second-order valence-corrected chi connectivity index (χ2v) is 19.2. The van der Waals surface area contributed by atoms with Crippen molar-refractivity contribution in [3.05, 3.63) is 48.6 Å². The molecule has 0 heterocycles. The van der Waals surface area contributed by atoms with E-state index in [1.165, 1.54) is 31.3 Å². The van der Waals surface area contributed by atoms with E-state index in [9.17, 15) is 39.9 Å². The van der Waals surface area contributed by atoms with Crippen molar-refractivity contribution in [1.29, 1.82) is 0 Å². The number of hydrogen-bond donors (Lipinski definition) is 3. The molecule has 3 N–H and O–H groups in total. The maximum absolute atomic E-state index is 14.1. The van der Waals surface area contributed by atoms with Gasteiger partial charge >= 0.3 is 218 Å². The molecule has 0 radical (unpaired) electrons. The molecule has 2 amide bonds. The van der Waals surface area contributed by atoms with Crippen LogP contribution in [-0.4, -0.2) is 78.9 Å². The van der Waals surface area contributed by atoms with Crippen LogP contribution in [0.15, 0.2) is 63.2 Å². The average molecular weight is 759 g/mol. The number of carbonyl (C=O) groups is 2. The number of phenolic OH excluding ortho intramolecular Hbond substituents is 1. The zero-order chi connectivity index (χ0) is 33.6. The first kappa shape index (κ1) is 34.8. The Kier molecular flexibility index (Phi) is 9.73. The number of nitrogens with zero attached hydrogens (tertiary/aromatic N) is 1. The monoisotopic (exact) mass is 760 g/mol. The molecule has 0 fully saturated rings. The number of benzene rings is 4. The molecule has 16 heteroatoms. The van der Waals surface area contributed by atoms with Gasteiger partial charge in [-0.05, 0) is 13.3 Å². The minimum atomic E-state index is -4.47. The number of likely N-dealkylation sites (N-methyl/N-ethyl adjacent to an activating group) is 1. The van der Waals surface area contributed by atoms with Crippen LogP contribution in [0.1, 0.15) is 26.7 Å². The Morgan fingerprint density at radius 2 is 1.40 bits per heavy atom. The van der Waals surface area contributed by atoms with Gasteiger partial charge in [-0.3, -0.25) is 4.79 Å². The molecule has 4 rings (SSSR count). The minimum absolute atomic E-state index is 0.113. The van der Waals surface area contributed by atoms with Crippen LogP contribution >= 0.6 is 0 Å². The predicted octanol–water partition coefficient (Wildman–Crippen LogP) is 2.53. The molecule has 0 aliphatic rings. The quantitative estimate of drug-likeness (QED) is 0.0846. The Morgan fingerprint density at radius 1 is 0.889 bits per heavy atom. The second-order valence-electron chi connectivity index (χ2n) is 10.7. The number of rotatable bonds is 12. The summed E-state index contributed by atoms with van der Waals surface area (Å²) in [7, 11) is -11.1. The van der Waals surface area contributed by atoms with Gasteiger partial charge in [0.25, 0.3) is 0 Å². The Labute approximate surface area is 271 Å². The van der Waals surface area contributed by atoms with E-state index in [1.807, 2.05) is 0 Å². The van der Waals surface area contributed by atoms with Crippen LogP contribution in [0.4, 0.5) is 0 Å². The summed E-state index contributed by atoms with van der Waals surface area (Å²) < 4.78 is 80.2. The summed E-state index contributed by atoms with van der Waals surface area (Å²) in [4.78, 5) is 23.9. The first-order valence-electron chi connectivity index (χ1n) is 13.6. The van der Waals surface area contributed by atoms with E-state index in [2.05, 4.69) is 17.2 Å². The Morgan fingerprint density at radius 3 is 1.93 bits per heavy atom. The Balaban J connectivity index is 1.83. The Hall–Kier alpha value is -3.10. The molecule has 1 atom stereocenters. The van der Waals surface area contributed by atoms with Crippen LogP contribution in [-0.2, 0) is 55.5 Å². The normalized spacial score (nSPS) is 13.4. The van der Waals surface area contributed by atoms with Crippen molar-refractivity contribution in [3.63, 3.8) is 0 Å². The third kappa shape index (κ3) is 6.59. The van der Waals surface area contributed by atoms with Crippen molar-refractivity contribution in [3.8, 4) is 5.75 Å². The molecular formula is C29H32MoN3O9S3. The average Bonchev–Trinajstić information content (AvgIpc) is 2.94. The van der Waals surface area contributed by atoms with Crippen LogP contribution in [0.2, 0.25) is 0 Å². The topological polar surface area (TPSA) is 184 Å². The fraction of sp³-hybridized carbons (Fsp3) is 0.310. The first-order chi connectivity index (χ1) is 20.8. The van der Waals surface area contributed by atoms with Gasteiger partial charge < -0.3 is 5.32 Å². The molecule has 4 aromatic carbocycles. The number of aromatic hydroxyl groups is 1. The van der Waals surface area contributed by atoms with E-state index in [0.717, 1.165) is 41.2 Å². The van der Waals surface area contributed by atoms with Gasteiger partial charge in [-0.2, -0.15) is 0 Å². The van der Waals surface area contributed by atoms with Crippen molar-refractivity contribution in [2.24, 2.45) is 0 Å². The fourth-order valence-electron chi connectivity index (χ4n) is 5.31. The summed E-state index contributed by atoms with van der Waals surface area (Å²) in [6, 6.07) is 6.78. The van der Waals surface area contributed by atoms with E-state index in [1.54, 1.807) is 13.8 Å². The molecule has 0 aromatic heterocycles. The zero-order valence-corrected chi connectivity index (χ0v) is 29.3. The summed E-state index contributed by atoms with van der Waals surface area (Å²) in [6.45, 7) is 7.21. The van der Waals surface area contributed by atoms with Crippen LogP contribution in [0.3, 0.4) is 0 Å². The summed E-state index contributed by atoms with van der Waals surface area (Å²) >= 11 is 0.856. The van der Waals surface area contributed by atoms with Crippen molar-refractivity contribution >= 4 is 71.5 Å². The molecule has 1 unspecified atom stereocenters. The van der Waals surface area contributed by atoms with E-state index in [-0.39, 0.29) is 72.4 Å². The number of sulfonamides is 1. The molecule has 12 nitrogen and oxygen atoms in total. The van der Waals surface area contributed by atoms with E-state index in [4.69, 9.17) is 0 Å². The number of phenols is 1. The van der Waals surface area contributed by atoms with Gasteiger partial charge in [0.1, 0.15) is 0 Å². The van der Waals surface area contributed by atoms with Crippen molar-refractivity contribution < 1.29 is 58.5 Å². The van der Waals surface area contributed by atoms with Gasteiger partial charge in [0, 0.05) is 18.7 Å². The van der Waals surface area contributed by atoms with Crippen LogP contribution < -0.4 is 10.6 Å². The number of nitrogens with one attached hydrogen (secondary N) is 2. The summed E-state index contributed by atoms with van der Waals surface area (Å²) in [5.41, 5.74) is 0.349. The zero-order valence-electron chi connectivity index (χ0n) is 24.9. The third-order valence-electron chi connectivity index (χ3n) is 7.54.